The van der Waals surface area contributed by atoms with Gasteiger partial charge in [-0.25, -0.2) is 4.79 Å². The van der Waals surface area contributed by atoms with Crippen molar-refractivity contribution in [3.8, 4) is 11.5 Å². The first kappa shape index (κ1) is 21.2. The number of amides is 4. The molecular formula is C22H25N3O5. The molecule has 0 spiro atoms. The summed E-state index contributed by atoms with van der Waals surface area (Å²) in [5.74, 6) is 0.795. The van der Waals surface area contributed by atoms with Crippen LogP contribution in [-0.2, 0) is 22.6 Å². The lowest BCUT2D eigenvalue weighted by Gasteiger charge is -2.13. The molecule has 3 rings (SSSR count). The number of nitrogens with zero attached hydrogens (tertiary/aromatic N) is 1. The summed E-state index contributed by atoms with van der Waals surface area (Å²) in [5, 5.41) is 5.36. The Morgan fingerprint density at radius 3 is 2.10 bits per heavy atom. The van der Waals surface area contributed by atoms with E-state index in [1.165, 1.54) is 0 Å². The predicted octanol–water partition coefficient (Wildman–Crippen LogP) is 1.87. The number of benzene rings is 2. The second-order valence-corrected chi connectivity index (χ2v) is 6.92. The quantitative estimate of drug-likeness (QED) is 0.614. The molecule has 1 fully saturated rings. The molecule has 0 bridgehead atoms. The van der Waals surface area contributed by atoms with E-state index in [0.29, 0.717) is 13.0 Å². The third-order valence-corrected chi connectivity index (χ3v) is 4.93. The summed E-state index contributed by atoms with van der Waals surface area (Å²) >= 11 is 0. The minimum absolute atomic E-state index is 0.0975. The Kier molecular flexibility index (Phi) is 6.90. The smallest absolute Gasteiger partial charge is 0.324 e. The average molecular weight is 411 g/mol. The molecule has 4 amide bonds. The van der Waals surface area contributed by atoms with Crippen LogP contribution >= 0.6 is 0 Å². The van der Waals surface area contributed by atoms with Crippen LogP contribution in [0, 0.1) is 0 Å². The third-order valence-electron chi connectivity index (χ3n) is 4.93. The number of urea groups is 1. The van der Waals surface area contributed by atoms with E-state index in [1.807, 2.05) is 48.5 Å². The SMILES string of the molecule is COc1ccc(CCN2C(=O)NC(CC(=O)NCc3ccc(OC)cc3)C2=O)cc1. The fraction of sp³-hybridized carbons (Fsp3) is 0.318. The summed E-state index contributed by atoms with van der Waals surface area (Å²) in [6.45, 7) is 0.583. The zero-order valence-corrected chi connectivity index (χ0v) is 17.0. The highest BCUT2D eigenvalue weighted by Crippen LogP contribution is 2.15. The van der Waals surface area contributed by atoms with Gasteiger partial charge in [0.15, 0.2) is 0 Å². The third kappa shape index (κ3) is 5.28. The maximum atomic E-state index is 12.5. The Balaban J connectivity index is 1.47. The van der Waals surface area contributed by atoms with E-state index in [4.69, 9.17) is 9.47 Å². The molecule has 8 heteroatoms. The standard InChI is InChI=1S/C22H25N3O5/c1-29-17-7-3-15(4-8-17)11-12-25-21(27)19(24-22(25)28)13-20(26)23-14-16-5-9-18(30-2)10-6-16/h3-10,19H,11-14H2,1-2H3,(H,23,26)(H,24,28). The van der Waals surface area contributed by atoms with E-state index in [-0.39, 0.29) is 24.8 Å². The van der Waals surface area contributed by atoms with Crippen molar-refractivity contribution in [3.05, 3.63) is 59.7 Å². The van der Waals surface area contributed by atoms with Crippen molar-refractivity contribution in [2.45, 2.75) is 25.4 Å². The monoisotopic (exact) mass is 411 g/mol. The molecule has 1 aliphatic heterocycles. The second-order valence-electron chi connectivity index (χ2n) is 6.92. The van der Waals surface area contributed by atoms with Gasteiger partial charge >= 0.3 is 6.03 Å². The van der Waals surface area contributed by atoms with Crippen LogP contribution in [0.5, 0.6) is 11.5 Å². The fourth-order valence-corrected chi connectivity index (χ4v) is 3.16. The van der Waals surface area contributed by atoms with E-state index < -0.39 is 12.1 Å². The zero-order chi connectivity index (χ0) is 21.5. The molecule has 30 heavy (non-hydrogen) atoms. The van der Waals surface area contributed by atoms with Crippen LogP contribution in [0.3, 0.4) is 0 Å². The van der Waals surface area contributed by atoms with Crippen molar-refractivity contribution in [3.63, 3.8) is 0 Å². The van der Waals surface area contributed by atoms with Gasteiger partial charge in [0, 0.05) is 13.1 Å². The first-order valence-electron chi connectivity index (χ1n) is 9.64. The molecule has 0 aromatic heterocycles. The number of nitrogens with one attached hydrogen (secondary N) is 2. The van der Waals surface area contributed by atoms with Crippen LogP contribution in [0.4, 0.5) is 4.79 Å². The zero-order valence-electron chi connectivity index (χ0n) is 17.0. The van der Waals surface area contributed by atoms with Crippen LogP contribution in [0.1, 0.15) is 17.5 Å². The number of carbonyl (C=O) groups excluding carboxylic acids is 3. The molecule has 0 aliphatic carbocycles. The number of hydrogen-bond acceptors (Lipinski definition) is 5. The first-order chi connectivity index (χ1) is 14.5. The summed E-state index contributed by atoms with van der Waals surface area (Å²) in [6.07, 6.45) is 0.430. The number of carbonyl (C=O) groups is 3. The van der Waals surface area contributed by atoms with Crippen molar-refractivity contribution in [1.29, 1.82) is 0 Å². The van der Waals surface area contributed by atoms with Crippen LogP contribution in [0.2, 0.25) is 0 Å². The Morgan fingerprint density at radius 1 is 0.967 bits per heavy atom. The summed E-state index contributed by atoms with van der Waals surface area (Å²) in [7, 11) is 3.18. The minimum atomic E-state index is -0.843. The van der Waals surface area contributed by atoms with Crippen molar-refractivity contribution in [2.75, 3.05) is 20.8 Å². The highest BCUT2D eigenvalue weighted by atomic mass is 16.5. The number of hydrogen-bond donors (Lipinski definition) is 2. The minimum Gasteiger partial charge on any atom is -0.497 e. The lowest BCUT2D eigenvalue weighted by Crippen LogP contribution is -2.36. The van der Waals surface area contributed by atoms with Gasteiger partial charge in [0.2, 0.25) is 5.91 Å². The predicted molar refractivity (Wildman–Crippen MR) is 110 cm³/mol. The van der Waals surface area contributed by atoms with E-state index in [9.17, 15) is 14.4 Å². The molecule has 158 valence electrons. The molecule has 0 radical (unpaired) electrons. The van der Waals surface area contributed by atoms with Crippen LogP contribution in [-0.4, -0.2) is 49.6 Å². The topological polar surface area (TPSA) is 97.0 Å². The Hall–Kier alpha value is -3.55. The Bertz CT molecular complexity index is 896. The summed E-state index contributed by atoms with van der Waals surface area (Å²) in [4.78, 5) is 38.1. The first-order valence-corrected chi connectivity index (χ1v) is 9.64. The van der Waals surface area contributed by atoms with Gasteiger partial charge < -0.3 is 20.1 Å². The number of rotatable bonds is 9. The maximum Gasteiger partial charge on any atom is 0.324 e. The van der Waals surface area contributed by atoms with Gasteiger partial charge in [-0.2, -0.15) is 0 Å². The van der Waals surface area contributed by atoms with Crippen LogP contribution < -0.4 is 20.1 Å². The highest BCUT2D eigenvalue weighted by Gasteiger charge is 2.38. The van der Waals surface area contributed by atoms with Gasteiger partial charge in [0.05, 0.1) is 20.6 Å². The lowest BCUT2D eigenvalue weighted by atomic mass is 10.1. The van der Waals surface area contributed by atoms with Crippen molar-refractivity contribution >= 4 is 17.8 Å². The molecule has 1 saturated heterocycles. The Labute approximate surface area is 175 Å². The van der Waals surface area contributed by atoms with Crippen LogP contribution in [0.15, 0.2) is 48.5 Å². The normalized spacial score (nSPS) is 15.7. The largest absolute Gasteiger partial charge is 0.497 e. The number of imide groups is 1. The van der Waals surface area contributed by atoms with Crippen molar-refractivity contribution in [2.24, 2.45) is 0 Å². The summed E-state index contributed by atoms with van der Waals surface area (Å²) < 4.78 is 10.2. The van der Waals surface area contributed by atoms with Gasteiger partial charge in [-0.1, -0.05) is 24.3 Å². The molecule has 1 unspecified atom stereocenters. The molecule has 8 nitrogen and oxygen atoms in total. The number of methoxy groups -OCH3 is 2. The molecule has 2 aromatic rings. The van der Waals surface area contributed by atoms with Gasteiger partial charge in [-0.3, -0.25) is 14.5 Å². The fourth-order valence-electron chi connectivity index (χ4n) is 3.16. The molecule has 1 atom stereocenters. The van der Waals surface area contributed by atoms with E-state index in [2.05, 4.69) is 10.6 Å². The summed E-state index contributed by atoms with van der Waals surface area (Å²) in [5.41, 5.74) is 1.89. The van der Waals surface area contributed by atoms with Crippen molar-refractivity contribution in [1.82, 2.24) is 15.5 Å². The molecular weight excluding hydrogens is 386 g/mol. The maximum absolute atomic E-state index is 12.5. The molecule has 1 aliphatic rings. The molecule has 2 N–H and O–H groups in total. The van der Waals surface area contributed by atoms with E-state index in [0.717, 1.165) is 27.5 Å². The van der Waals surface area contributed by atoms with Crippen molar-refractivity contribution < 1.29 is 23.9 Å². The lowest BCUT2D eigenvalue weighted by molar-refractivity contribution is -0.130. The van der Waals surface area contributed by atoms with Gasteiger partial charge in [-0.05, 0) is 41.8 Å². The molecule has 1 heterocycles. The van der Waals surface area contributed by atoms with Gasteiger partial charge in [0.1, 0.15) is 17.5 Å². The molecule has 2 aromatic carbocycles. The number of ether oxygens (including phenoxy) is 2. The van der Waals surface area contributed by atoms with Gasteiger partial charge in [-0.15, -0.1) is 0 Å². The van der Waals surface area contributed by atoms with E-state index in [1.54, 1.807) is 14.2 Å². The Morgan fingerprint density at radius 2 is 1.53 bits per heavy atom. The van der Waals surface area contributed by atoms with E-state index >= 15 is 0 Å². The highest BCUT2D eigenvalue weighted by molar-refractivity contribution is 6.05. The second kappa shape index (κ2) is 9.78. The average Bonchev–Trinajstić information content (AvgIpc) is 3.03. The van der Waals surface area contributed by atoms with Crippen LogP contribution in [0.25, 0.3) is 0 Å². The summed E-state index contributed by atoms with van der Waals surface area (Å²) in [6, 6.07) is 13.4. The van der Waals surface area contributed by atoms with Gasteiger partial charge in [0.25, 0.3) is 5.91 Å². The molecule has 0 saturated carbocycles.